The lowest BCUT2D eigenvalue weighted by Gasteiger charge is -2.09. The molecule has 1 N–H and O–H groups in total. The summed E-state index contributed by atoms with van der Waals surface area (Å²) in [7, 11) is 3.18. The lowest BCUT2D eigenvalue weighted by Crippen LogP contribution is -1.90. The van der Waals surface area contributed by atoms with E-state index in [0.29, 0.717) is 16.4 Å². The number of ether oxygens (including phenoxy) is 2. The molecule has 0 atom stereocenters. The first-order valence-corrected chi connectivity index (χ1v) is 6.44. The summed E-state index contributed by atoms with van der Waals surface area (Å²) in [5, 5.41) is 9.05. The number of carboxylic acid groups (broad SMARTS) is 1. The number of rotatable bonds is 4. The summed E-state index contributed by atoms with van der Waals surface area (Å²) >= 11 is 1.23. The van der Waals surface area contributed by atoms with Gasteiger partial charge >= 0.3 is 5.97 Å². The Hall–Kier alpha value is -2.01. The molecule has 4 nitrogen and oxygen atoms in total. The van der Waals surface area contributed by atoms with E-state index in [0.717, 1.165) is 16.0 Å². The van der Waals surface area contributed by atoms with E-state index in [1.165, 1.54) is 11.3 Å². The minimum Gasteiger partial charge on any atom is -0.497 e. The van der Waals surface area contributed by atoms with Crippen LogP contribution < -0.4 is 9.47 Å². The van der Waals surface area contributed by atoms with Crippen LogP contribution >= 0.6 is 11.3 Å². The van der Waals surface area contributed by atoms with Crippen LogP contribution in [-0.2, 0) is 0 Å². The molecule has 0 bridgehead atoms. The lowest BCUT2D eigenvalue weighted by molar-refractivity contribution is 0.0702. The molecular formula is C14H14O4S. The van der Waals surface area contributed by atoms with E-state index in [1.54, 1.807) is 20.3 Å². The van der Waals surface area contributed by atoms with Crippen molar-refractivity contribution in [2.45, 2.75) is 6.92 Å². The molecular weight excluding hydrogens is 264 g/mol. The molecule has 0 aliphatic heterocycles. The Morgan fingerprint density at radius 1 is 1.21 bits per heavy atom. The van der Waals surface area contributed by atoms with E-state index < -0.39 is 5.97 Å². The Labute approximate surface area is 115 Å². The molecule has 0 unspecified atom stereocenters. The predicted molar refractivity (Wildman–Crippen MR) is 74.6 cm³/mol. The van der Waals surface area contributed by atoms with Gasteiger partial charge in [0.05, 0.1) is 14.2 Å². The Balaban J connectivity index is 2.59. The van der Waals surface area contributed by atoms with E-state index >= 15 is 0 Å². The first-order chi connectivity index (χ1) is 9.06. The third-order valence-electron chi connectivity index (χ3n) is 2.78. The maximum Gasteiger partial charge on any atom is 0.345 e. The maximum absolute atomic E-state index is 11.0. The fourth-order valence-corrected chi connectivity index (χ4v) is 2.88. The largest absolute Gasteiger partial charge is 0.497 e. The molecule has 0 amide bonds. The van der Waals surface area contributed by atoms with Crippen molar-refractivity contribution in [2.24, 2.45) is 0 Å². The number of aryl methyl sites for hydroxylation is 1. The molecule has 100 valence electrons. The average Bonchev–Trinajstić information content (AvgIpc) is 2.80. The van der Waals surface area contributed by atoms with Gasteiger partial charge in [-0.3, -0.25) is 0 Å². The Bertz CT molecular complexity index is 616. The van der Waals surface area contributed by atoms with Crippen molar-refractivity contribution in [3.63, 3.8) is 0 Å². The fraction of sp³-hybridized carbons (Fsp3) is 0.214. The number of carbonyl (C=O) groups is 1. The van der Waals surface area contributed by atoms with Gasteiger partial charge in [-0.25, -0.2) is 4.79 Å². The summed E-state index contributed by atoms with van der Waals surface area (Å²) in [5.74, 6) is 0.490. The Kier molecular flexibility index (Phi) is 3.76. The van der Waals surface area contributed by atoms with Gasteiger partial charge in [0.2, 0.25) is 0 Å². The van der Waals surface area contributed by atoms with Crippen LogP contribution in [0.25, 0.3) is 10.4 Å². The molecule has 0 fully saturated rings. The second-order valence-electron chi connectivity index (χ2n) is 3.99. The monoisotopic (exact) mass is 278 g/mol. The fourth-order valence-electron chi connectivity index (χ4n) is 1.85. The molecule has 2 aromatic rings. The summed E-state index contributed by atoms with van der Waals surface area (Å²) in [6, 6.07) is 7.14. The van der Waals surface area contributed by atoms with Crippen LogP contribution in [-0.4, -0.2) is 25.3 Å². The van der Waals surface area contributed by atoms with Gasteiger partial charge < -0.3 is 14.6 Å². The quantitative estimate of drug-likeness (QED) is 0.930. The second-order valence-corrected chi connectivity index (χ2v) is 5.05. The van der Waals surface area contributed by atoms with Crippen molar-refractivity contribution in [2.75, 3.05) is 14.2 Å². The normalized spacial score (nSPS) is 10.3. The minimum atomic E-state index is -0.916. The molecule has 5 heteroatoms. The third-order valence-corrected chi connectivity index (χ3v) is 4.04. The van der Waals surface area contributed by atoms with E-state index in [1.807, 2.05) is 25.1 Å². The smallest absolute Gasteiger partial charge is 0.345 e. The van der Waals surface area contributed by atoms with Crippen LogP contribution in [0.15, 0.2) is 24.3 Å². The van der Waals surface area contributed by atoms with Crippen LogP contribution in [0.1, 0.15) is 15.2 Å². The van der Waals surface area contributed by atoms with Gasteiger partial charge in [0.25, 0.3) is 0 Å². The molecule has 0 radical (unpaired) electrons. The van der Waals surface area contributed by atoms with E-state index in [2.05, 4.69) is 0 Å². The topological polar surface area (TPSA) is 55.8 Å². The number of aromatic carboxylic acids is 1. The van der Waals surface area contributed by atoms with Gasteiger partial charge in [-0.05, 0) is 36.8 Å². The van der Waals surface area contributed by atoms with Crippen LogP contribution in [0.4, 0.5) is 0 Å². The zero-order valence-electron chi connectivity index (χ0n) is 10.9. The number of carboxylic acids is 1. The molecule has 1 heterocycles. The summed E-state index contributed by atoms with van der Waals surface area (Å²) < 4.78 is 10.5. The van der Waals surface area contributed by atoms with Crippen LogP contribution in [0, 0.1) is 6.92 Å². The van der Waals surface area contributed by atoms with Crippen molar-refractivity contribution in [1.82, 2.24) is 0 Å². The highest BCUT2D eigenvalue weighted by Crippen LogP contribution is 2.39. The average molecular weight is 278 g/mol. The SMILES string of the molecule is COc1ccc(OC)c(-c2sc(C(=O)O)cc2C)c1. The molecule has 1 aromatic heterocycles. The summed E-state index contributed by atoms with van der Waals surface area (Å²) in [6.45, 7) is 1.89. The van der Waals surface area contributed by atoms with Gasteiger partial charge in [-0.1, -0.05) is 0 Å². The number of thiophene rings is 1. The molecule has 0 spiro atoms. The predicted octanol–water partition coefficient (Wildman–Crippen LogP) is 3.44. The van der Waals surface area contributed by atoms with Gasteiger partial charge in [0.1, 0.15) is 16.4 Å². The Morgan fingerprint density at radius 2 is 1.95 bits per heavy atom. The molecule has 1 aromatic carbocycles. The van der Waals surface area contributed by atoms with Crippen molar-refractivity contribution in [3.05, 3.63) is 34.7 Å². The van der Waals surface area contributed by atoms with Crippen LogP contribution in [0.5, 0.6) is 11.5 Å². The summed E-state index contributed by atoms with van der Waals surface area (Å²) in [4.78, 5) is 12.2. The van der Waals surface area contributed by atoms with Gasteiger partial charge in [-0.2, -0.15) is 0 Å². The zero-order chi connectivity index (χ0) is 14.0. The molecule has 19 heavy (non-hydrogen) atoms. The molecule has 0 aliphatic rings. The highest BCUT2D eigenvalue weighted by Gasteiger charge is 2.16. The third kappa shape index (κ3) is 2.56. The highest BCUT2D eigenvalue weighted by atomic mass is 32.1. The standard InChI is InChI=1S/C14H14O4S/c1-8-6-12(14(15)16)19-13(8)10-7-9(17-2)4-5-11(10)18-3/h4-7H,1-3H3,(H,15,16). The van der Waals surface area contributed by atoms with Crippen molar-refractivity contribution >= 4 is 17.3 Å². The number of benzene rings is 1. The highest BCUT2D eigenvalue weighted by molar-refractivity contribution is 7.17. The summed E-state index contributed by atoms with van der Waals surface area (Å²) in [6.07, 6.45) is 0. The van der Waals surface area contributed by atoms with E-state index in [-0.39, 0.29) is 0 Å². The first kappa shape index (κ1) is 13.4. The molecule has 2 rings (SSSR count). The van der Waals surface area contributed by atoms with Crippen molar-refractivity contribution in [3.8, 4) is 21.9 Å². The maximum atomic E-state index is 11.0. The summed E-state index contributed by atoms with van der Waals surface area (Å²) in [5.41, 5.74) is 1.76. The Morgan fingerprint density at radius 3 is 2.47 bits per heavy atom. The number of hydrogen-bond acceptors (Lipinski definition) is 4. The van der Waals surface area contributed by atoms with Crippen molar-refractivity contribution < 1.29 is 19.4 Å². The molecule has 0 aliphatic carbocycles. The number of methoxy groups -OCH3 is 2. The van der Waals surface area contributed by atoms with Crippen molar-refractivity contribution in [1.29, 1.82) is 0 Å². The van der Waals surface area contributed by atoms with Crippen LogP contribution in [0.3, 0.4) is 0 Å². The van der Waals surface area contributed by atoms with E-state index in [9.17, 15) is 4.79 Å². The van der Waals surface area contributed by atoms with E-state index in [4.69, 9.17) is 14.6 Å². The van der Waals surface area contributed by atoms with Gasteiger partial charge in [-0.15, -0.1) is 11.3 Å². The zero-order valence-corrected chi connectivity index (χ0v) is 11.7. The minimum absolute atomic E-state index is 0.317. The molecule has 0 saturated carbocycles. The van der Waals surface area contributed by atoms with Crippen LogP contribution in [0.2, 0.25) is 0 Å². The molecule has 0 saturated heterocycles. The van der Waals surface area contributed by atoms with Gasteiger partial charge in [0, 0.05) is 10.4 Å². The lowest BCUT2D eigenvalue weighted by atomic mass is 10.1. The number of hydrogen-bond donors (Lipinski definition) is 1. The first-order valence-electron chi connectivity index (χ1n) is 5.63. The second kappa shape index (κ2) is 5.32. The van der Waals surface area contributed by atoms with Gasteiger partial charge in [0.15, 0.2) is 0 Å².